The largest absolute Gasteiger partial charge is 0.497 e. The van der Waals surface area contributed by atoms with E-state index in [1.807, 2.05) is 31.2 Å². The fourth-order valence-corrected chi connectivity index (χ4v) is 2.11. The molecule has 0 heterocycles. The number of benzene rings is 2. The molecule has 132 valence electrons. The van der Waals surface area contributed by atoms with Crippen LogP contribution in [0.5, 0.6) is 11.5 Å². The van der Waals surface area contributed by atoms with Crippen LogP contribution in [0.2, 0.25) is 0 Å². The van der Waals surface area contributed by atoms with Crippen LogP contribution in [0, 0.1) is 5.82 Å². The summed E-state index contributed by atoms with van der Waals surface area (Å²) in [6, 6.07) is 11.4. The SMILES string of the molecule is CCCCOc1cc(F)ccc1NC(=O)/C=C/c1ccc(OC)cc1. The first-order valence-corrected chi connectivity index (χ1v) is 8.18. The number of hydrogen-bond donors (Lipinski definition) is 1. The minimum absolute atomic E-state index is 0.317. The molecule has 0 aromatic heterocycles. The van der Waals surface area contributed by atoms with Crippen molar-refractivity contribution in [3.8, 4) is 11.5 Å². The van der Waals surface area contributed by atoms with Crippen LogP contribution < -0.4 is 14.8 Å². The number of nitrogens with one attached hydrogen (secondary N) is 1. The van der Waals surface area contributed by atoms with E-state index >= 15 is 0 Å². The molecule has 0 radical (unpaired) electrons. The zero-order chi connectivity index (χ0) is 18.1. The Kier molecular flexibility index (Phi) is 7.01. The lowest BCUT2D eigenvalue weighted by Gasteiger charge is -2.11. The third kappa shape index (κ3) is 5.95. The summed E-state index contributed by atoms with van der Waals surface area (Å²) in [4.78, 5) is 12.1. The smallest absolute Gasteiger partial charge is 0.248 e. The van der Waals surface area contributed by atoms with E-state index in [9.17, 15) is 9.18 Å². The Labute approximate surface area is 147 Å². The first-order chi connectivity index (χ1) is 12.1. The van der Waals surface area contributed by atoms with E-state index in [0.29, 0.717) is 18.0 Å². The highest BCUT2D eigenvalue weighted by Gasteiger charge is 2.08. The molecule has 0 fully saturated rings. The average molecular weight is 343 g/mol. The number of amides is 1. The van der Waals surface area contributed by atoms with Gasteiger partial charge in [-0.1, -0.05) is 25.5 Å². The Bertz CT molecular complexity index is 726. The van der Waals surface area contributed by atoms with E-state index in [1.54, 1.807) is 13.2 Å². The number of methoxy groups -OCH3 is 1. The number of rotatable bonds is 8. The van der Waals surface area contributed by atoms with Gasteiger partial charge in [0.15, 0.2) is 0 Å². The minimum atomic E-state index is -0.404. The maximum atomic E-state index is 13.4. The number of ether oxygens (including phenoxy) is 2. The van der Waals surface area contributed by atoms with E-state index in [0.717, 1.165) is 24.2 Å². The lowest BCUT2D eigenvalue weighted by molar-refractivity contribution is -0.111. The summed E-state index contributed by atoms with van der Waals surface area (Å²) in [7, 11) is 1.60. The number of carbonyl (C=O) groups excluding carboxylic acids is 1. The molecule has 0 atom stereocenters. The highest BCUT2D eigenvalue weighted by atomic mass is 19.1. The fraction of sp³-hybridized carbons (Fsp3) is 0.250. The molecule has 0 aliphatic rings. The van der Waals surface area contributed by atoms with Crippen LogP contribution in [0.4, 0.5) is 10.1 Å². The van der Waals surface area contributed by atoms with Crippen molar-refractivity contribution in [2.45, 2.75) is 19.8 Å². The molecule has 1 amide bonds. The second kappa shape index (κ2) is 9.47. The first kappa shape index (κ1) is 18.5. The Morgan fingerprint density at radius 3 is 2.64 bits per heavy atom. The number of carbonyl (C=O) groups is 1. The average Bonchev–Trinajstić information content (AvgIpc) is 2.63. The molecule has 0 spiro atoms. The standard InChI is InChI=1S/C20H22FNO3/c1-3-4-13-25-19-14-16(21)8-11-18(19)22-20(23)12-7-15-5-9-17(24-2)10-6-15/h5-12,14H,3-4,13H2,1-2H3,(H,22,23)/b12-7+. The van der Waals surface area contributed by atoms with E-state index in [4.69, 9.17) is 9.47 Å². The van der Waals surface area contributed by atoms with Gasteiger partial charge in [-0.05, 0) is 42.3 Å². The Morgan fingerprint density at radius 2 is 1.96 bits per heavy atom. The van der Waals surface area contributed by atoms with Gasteiger partial charge in [0.2, 0.25) is 5.91 Å². The third-order valence-corrected chi connectivity index (χ3v) is 3.50. The molecule has 2 aromatic rings. The molecular formula is C20H22FNO3. The maximum absolute atomic E-state index is 13.4. The highest BCUT2D eigenvalue weighted by molar-refractivity contribution is 6.02. The molecule has 4 nitrogen and oxygen atoms in total. The number of unbranched alkanes of at least 4 members (excludes halogenated alkanes) is 1. The zero-order valence-corrected chi connectivity index (χ0v) is 14.4. The molecule has 2 aromatic carbocycles. The van der Waals surface area contributed by atoms with Crippen molar-refractivity contribution in [3.63, 3.8) is 0 Å². The van der Waals surface area contributed by atoms with Gasteiger partial charge in [0.25, 0.3) is 0 Å². The summed E-state index contributed by atoms with van der Waals surface area (Å²) in [5.41, 5.74) is 1.32. The van der Waals surface area contributed by atoms with Crippen molar-refractivity contribution in [1.82, 2.24) is 0 Å². The third-order valence-electron chi connectivity index (χ3n) is 3.50. The van der Waals surface area contributed by atoms with E-state index in [-0.39, 0.29) is 5.91 Å². The van der Waals surface area contributed by atoms with Crippen molar-refractivity contribution >= 4 is 17.7 Å². The Hall–Kier alpha value is -2.82. The Balaban J connectivity index is 2.02. The highest BCUT2D eigenvalue weighted by Crippen LogP contribution is 2.26. The molecule has 25 heavy (non-hydrogen) atoms. The molecule has 0 unspecified atom stereocenters. The predicted molar refractivity (Wildman–Crippen MR) is 97.5 cm³/mol. The quantitative estimate of drug-likeness (QED) is 0.560. The molecule has 0 saturated heterocycles. The maximum Gasteiger partial charge on any atom is 0.248 e. The van der Waals surface area contributed by atoms with Gasteiger partial charge in [-0.3, -0.25) is 4.79 Å². The summed E-state index contributed by atoms with van der Waals surface area (Å²) < 4.78 is 24.1. The van der Waals surface area contributed by atoms with Crippen molar-refractivity contribution in [1.29, 1.82) is 0 Å². The molecular weight excluding hydrogens is 321 g/mol. The summed E-state index contributed by atoms with van der Waals surface area (Å²) in [5.74, 6) is 0.363. The van der Waals surface area contributed by atoms with E-state index in [2.05, 4.69) is 5.32 Å². The zero-order valence-electron chi connectivity index (χ0n) is 14.4. The molecule has 0 saturated carbocycles. The number of anilines is 1. The summed E-state index contributed by atoms with van der Waals surface area (Å²) in [6.07, 6.45) is 4.94. The normalized spacial score (nSPS) is 10.7. The van der Waals surface area contributed by atoms with Gasteiger partial charge in [-0.25, -0.2) is 4.39 Å². The van der Waals surface area contributed by atoms with Crippen LogP contribution in [0.3, 0.4) is 0 Å². The minimum Gasteiger partial charge on any atom is -0.497 e. The van der Waals surface area contributed by atoms with Crippen molar-refractivity contribution in [3.05, 3.63) is 59.9 Å². The van der Waals surface area contributed by atoms with Crippen LogP contribution in [0.15, 0.2) is 48.5 Å². The second-order valence-corrected chi connectivity index (χ2v) is 5.44. The molecule has 1 N–H and O–H groups in total. The summed E-state index contributed by atoms with van der Waals surface area (Å²) >= 11 is 0. The van der Waals surface area contributed by atoms with Crippen LogP contribution in [0.1, 0.15) is 25.3 Å². The summed E-state index contributed by atoms with van der Waals surface area (Å²) in [5, 5.41) is 2.72. The van der Waals surface area contributed by atoms with Gasteiger partial charge in [0, 0.05) is 12.1 Å². The van der Waals surface area contributed by atoms with Gasteiger partial charge in [0.05, 0.1) is 19.4 Å². The molecule has 0 aliphatic carbocycles. The van der Waals surface area contributed by atoms with Gasteiger partial charge < -0.3 is 14.8 Å². The topological polar surface area (TPSA) is 47.6 Å². The van der Waals surface area contributed by atoms with Crippen molar-refractivity contribution < 1.29 is 18.7 Å². The van der Waals surface area contributed by atoms with Crippen LogP contribution in [0.25, 0.3) is 6.08 Å². The monoisotopic (exact) mass is 343 g/mol. The van der Waals surface area contributed by atoms with Gasteiger partial charge >= 0.3 is 0 Å². The lowest BCUT2D eigenvalue weighted by Crippen LogP contribution is -2.10. The van der Waals surface area contributed by atoms with Crippen LogP contribution in [-0.4, -0.2) is 19.6 Å². The Morgan fingerprint density at radius 1 is 1.20 bits per heavy atom. The molecule has 0 aliphatic heterocycles. The summed E-state index contributed by atoms with van der Waals surface area (Å²) in [6.45, 7) is 2.52. The first-order valence-electron chi connectivity index (χ1n) is 8.18. The molecule has 2 rings (SSSR count). The predicted octanol–water partition coefficient (Wildman–Crippen LogP) is 4.67. The lowest BCUT2D eigenvalue weighted by atomic mass is 10.2. The second-order valence-electron chi connectivity index (χ2n) is 5.44. The van der Waals surface area contributed by atoms with E-state index in [1.165, 1.54) is 24.3 Å². The van der Waals surface area contributed by atoms with Crippen molar-refractivity contribution in [2.24, 2.45) is 0 Å². The fourth-order valence-electron chi connectivity index (χ4n) is 2.11. The molecule has 5 heteroatoms. The van der Waals surface area contributed by atoms with Crippen molar-refractivity contribution in [2.75, 3.05) is 19.0 Å². The van der Waals surface area contributed by atoms with Crippen LogP contribution >= 0.6 is 0 Å². The van der Waals surface area contributed by atoms with Gasteiger partial charge in [-0.2, -0.15) is 0 Å². The van der Waals surface area contributed by atoms with Crippen LogP contribution in [-0.2, 0) is 4.79 Å². The van der Waals surface area contributed by atoms with Gasteiger partial charge in [0.1, 0.15) is 17.3 Å². The number of hydrogen-bond acceptors (Lipinski definition) is 3. The van der Waals surface area contributed by atoms with Gasteiger partial charge in [-0.15, -0.1) is 0 Å². The van der Waals surface area contributed by atoms with E-state index < -0.39 is 5.82 Å². The molecule has 0 bridgehead atoms. The number of halogens is 1.